The number of rotatable bonds is 3. The van der Waals surface area contributed by atoms with Gasteiger partial charge in [-0.1, -0.05) is 117 Å². The van der Waals surface area contributed by atoms with Gasteiger partial charge in [0.25, 0.3) is 0 Å². The Hall–Kier alpha value is -1.89. The van der Waals surface area contributed by atoms with Crippen molar-refractivity contribution < 1.29 is 4.79 Å². The largest absolute Gasteiger partial charge is 0.289 e. The summed E-state index contributed by atoms with van der Waals surface area (Å²) in [7, 11) is 0. The molecule has 0 atom stereocenters. The lowest BCUT2D eigenvalue weighted by Crippen LogP contribution is -2.04. The lowest BCUT2D eigenvalue weighted by atomic mass is 9.97. The lowest BCUT2D eigenvalue weighted by molar-refractivity contribution is 0.103. The summed E-state index contributed by atoms with van der Waals surface area (Å²) in [5.74, 6) is 0.109. The molecule has 1 nitrogen and oxygen atoms in total. The third-order valence-corrected chi connectivity index (χ3v) is 2.68. The minimum atomic E-state index is 0.109. The molecule has 0 aromatic heterocycles. The molecule has 2 aromatic rings. The average molecular weight is 331 g/mol. The van der Waals surface area contributed by atoms with Gasteiger partial charge in [0.1, 0.15) is 0 Å². The minimum Gasteiger partial charge on any atom is -0.289 e. The molecule has 0 aliphatic heterocycles. The summed E-state index contributed by atoms with van der Waals surface area (Å²) in [6, 6.07) is 17.2. The Morgan fingerprint density at radius 1 is 0.667 bits per heavy atom. The number of ketones is 1. The molecule has 0 N–H and O–H groups in total. The van der Waals surface area contributed by atoms with Crippen molar-refractivity contribution in [2.45, 2.75) is 68.7 Å². The van der Waals surface area contributed by atoms with Gasteiger partial charge in [-0.3, -0.25) is 4.79 Å². The first kappa shape index (κ1) is 27.0. The first-order valence-electron chi connectivity index (χ1n) is 9.50. The Balaban J connectivity index is -0.000000484. The van der Waals surface area contributed by atoms with Crippen molar-refractivity contribution >= 4 is 5.78 Å². The molecule has 0 saturated carbocycles. The van der Waals surface area contributed by atoms with Crippen LogP contribution in [0.4, 0.5) is 0 Å². The molecule has 0 aliphatic rings. The Labute approximate surface area is 151 Å². The molecule has 0 fully saturated rings. The zero-order chi connectivity index (χ0) is 19.4. The fourth-order valence-electron chi connectivity index (χ4n) is 1.80. The van der Waals surface area contributed by atoms with Crippen LogP contribution in [0.3, 0.4) is 0 Å². The van der Waals surface area contributed by atoms with E-state index in [0.29, 0.717) is 0 Å². The molecule has 0 saturated heterocycles. The lowest BCUT2D eigenvalue weighted by Gasteiger charge is -2.06. The van der Waals surface area contributed by atoms with Crippen molar-refractivity contribution in [2.24, 2.45) is 0 Å². The van der Waals surface area contributed by atoms with Crippen molar-refractivity contribution in [3.8, 4) is 0 Å². The topological polar surface area (TPSA) is 17.1 Å². The number of carbonyl (C=O) groups is 1. The SMILES string of the molecule is CC.CC.CC.CC.CCc1ccccc1C(=O)c1ccccc1. The highest BCUT2D eigenvalue weighted by molar-refractivity contribution is 6.09. The summed E-state index contributed by atoms with van der Waals surface area (Å²) in [6.07, 6.45) is 0.884. The van der Waals surface area contributed by atoms with Crippen LogP contribution >= 0.6 is 0 Å². The van der Waals surface area contributed by atoms with Crippen LogP contribution in [0.25, 0.3) is 0 Å². The molecule has 0 bridgehead atoms. The second-order valence-corrected chi connectivity index (χ2v) is 3.71. The minimum absolute atomic E-state index is 0.109. The zero-order valence-corrected chi connectivity index (χ0v) is 17.3. The highest BCUT2D eigenvalue weighted by atomic mass is 16.1. The van der Waals surface area contributed by atoms with E-state index in [2.05, 4.69) is 6.92 Å². The van der Waals surface area contributed by atoms with E-state index in [1.165, 1.54) is 0 Å². The van der Waals surface area contributed by atoms with Crippen molar-refractivity contribution in [1.29, 1.82) is 0 Å². The molecular formula is C23H38O. The number of hydrogen-bond donors (Lipinski definition) is 0. The molecule has 0 heterocycles. The van der Waals surface area contributed by atoms with E-state index in [9.17, 15) is 4.79 Å². The van der Waals surface area contributed by atoms with Gasteiger partial charge in [0.15, 0.2) is 5.78 Å². The predicted octanol–water partition coefficient (Wildman–Crippen LogP) is 7.58. The predicted molar refractivity (Wildman–Crippen MR) is 111 cm³/mol. The number of carbonyl (C=O) groups excluding carboxylic acids is 1. The molecule has 2 rings (SSSR count). The molecule has 24 heavy (non-hydrogen) atoms. The van der Waals surface area contributed by atoms with Crippen molar-refractivity contribution in [1.82, 2.24) is 0 Å². The van der Waals surface area contributed by atoms with Gasteiger partial charge in [0.2, 0.25) is 0 Å². The molecule has 0 amide bonds. The number of aryl methyl sites for hydroxylation is 1. The molecule has 0 radical (unpaired) electrons. The standard InChI is InChI=1S/C15H14O.4C2H6/c1-2-12-8-6-7-11-14(12)15(16)13-9-4-3-5-10-13;4*1-2/h3-11H,2H2,1H3;4*1-2H3. The summed E-state index contributed by atoms with van der Waals surface area (Å²) in [6.45, 7) is 18.1. The van der Waals surface area contributed by atoms with Gasteiger partial charge in [-0.05, 0) is 12.0 Å². The molecule has 136 valence electrons. The maximum Gasteiger partial charge on any atom is 0.193 e. The Morgan fingerprint density at radius 2 is 1.08 bits per heavy atom. The second kappa shape index (κ2) is 21.1. The molecule has 1 heteroatoms. The van der Waals surface area contributed by atoms with Gasteiger partial charge in [0, 0.05) is 11.1 Å². The average Bonchev–Trinajstić information content (AvgIpc) is 2.74. The Bertz CT molecular complexity index is 486. The van der Waals surface area contributed by atoms with E-state index in [1.54, 1.807) is 0 Å². The first-order valence-corrected chi connectivity index (χ1v) is 9.50. The summed E-state index contributed by atoms with van der Waals surface area (Å²) >= 11 is 0. The molecule has 0 aliphatic carbocycles. The Kier molecular flexibility index (Phi) is 23.7. The van der Waals surface area contributed by atoms with Gasteiger partial charge >= 0.3 is 0 Å². The molecule has 0 unspecified atom stereocenters. The van der Waals surface area contributed by atoms with Crippen LogP contribution in [0.2, 0.25) is 0 Å². The van der Waals surface area contributed by atoms with Crippen LogP contribution in [0.1, 0.15) is 83.8 Å². The highest BCUT2D eigenvalue weighted by Gasteiger charge is 2.11. The maximum absolute atomic E-state index is 12.2. The zero-order valence-electron chi connectivity index (χ0n) is 17.3. The van der Waals surface area contributed by atoms with Crippen LogP contribution in [0, 0.1) is 0 Å². The van der Waals surface area contributed by atoms with Crippen molar-refractivity contribution in [2.75, 3.05) is 0 Å². The van der Waals surface area contributed by atoms with Crippen molar-refractivity contribution in [3.63, 3.8) is 0 Å². The fraction of sp³-hybridized carbons (Fsp3) is 0.435. The normalized spacial score (nSPS) is 7.71. The molecule has 2 aromatic carbocycles. The highest BCUT2D eigenvalue weighted by Crippen LogP contribution is 2.14. The molecule has 0 spiro atoms. The fourth-order valence-corrected chi connectivity index (χ4v) is 1.80. The monoisotopic (exact) mass is 330 g/mol. The van der Waals surface area contributed by atoms with Gasteiger partial charge in [-0.25, -0.2) is 0 Å². The van der Waals surface area contributed by atoms with Crippen LogP contribution in [-0.4, -0.2) is 5.78 Å². The number of hydrogen-bond acceptors (Lipinski definition) is 1. The smallest absolute Gasteiger partial charge is 0.193 e. The quantitative estimate of drug-likeness (QED) is 0.530. The summed E-state index contributed by atoms with van der Waals surface area (Å²) in [4.78, 5) is 12.2. The third kappa shape index (κ3) is 9.99. The van der Waals surface area contributed by atoms with Gasteiger partial charge < -0.3 is 0 Å². The van der Waals surface area contributed by atoms with E-state index < -0.39 is 0 Å². The van der Waals surface area contributed by atoms with E-state index in [4.69, 9.17) is 0 Å². The van der Waals surface area contributed by atoms with Crippen molar-refractivity contribution in [3.05, 3.63) is 71.3 Å². The molecular weight excluding hydrogens is 292 g/mol. The first-order chi connectivity index (χ1) is 11.8. The van der Waals surface area contributed by atoms with E-state index in [-0.39, 0.29) is 5.78 Å². The van der Waals surface area contributed by atoms with Gasteiger partial charge in [0.05, 0.1) is 0 Å². The summed E-state index contributed by atoms with van der Waals surface area (Å²) in [5, 5.41) is 0. The maximum atomic E-state index is 12.2. The second-order valence-electron chi connectivity index (χ2n) is 3.71. The van der Waals surface area contributed by atoms with Crippen LogP contribution < -0.4 is 0 Å². The summed E-state index contributed by atoms with van der Waals surface area (Å²) in [5.41, 5.74) is 2.68. The number of benzene rings is 2. The van der Waals surface area contributed by atoms with Crippen LogP contribution in [-0.2, 0) is 6.42 Å². The van der Waals surface area contributed by atoms with Crippen LogP contribution in [0.15, 0.2) is 54.6 Å². The van der Waals surface area contributed by atoms with E-state index in [1.807, 2.05) is 110 Å². The van der Waals surface area contributed by atoms with Gasteiger partial charge in [-0.15, -0.1) is 0 Å². The van der Waals surface area contributed by atoms with Crippen LogP contribution in [0.5, 0.6) is 0 Å². The van der Waals surface area contributed by atoms with Gasteiger partial charge in [-0.2, -0.15) is 0 Å². The van der Waals surface area contributed by atoms with E-state index in [0.717, 1.165) is 23.1 Å². The van der Waals surface area contributed by atoms with E-state index >= 15 is 0 Å². The Morgan fingerprint density at radius 3 is 1.54 bits per heavy atom. The summed E-state index contributed by atoms with van der Waals surface area (Å²) < 4.78 is 0. The third-order valence-electron chi connectivity index (χ3n) is 2.68.